The molecule has 20 heavy (non-hydrogen) atoms. The van der Waals surface area contributed by atoms with Gasteiger partial charge in [-0.1, -0.05) is 35.9 Å². The molecular weight excluding hydrogens is 276 g/mol. The van der Waals surface area contributed by atoms with Crippen LogP contribution in [0.25, 0.3) is 0 Å². The number of nitro groups is 1. The zero-order valence-electron chi connectivity index (χ0n) is 11.1. The van der Waals surface area contributed by atoms with E-state index in [0.717, 1.165) is 11.3 Å². The van der Waals surface area contributed by atoms with Crippen LogP contribution in [0.2, 0.25) is 5.02 Å². The smallest absolute Gasteiger partial charge is 0.272 e. The zero-order valence-corrected chi connectivity index (χ0v) is 11.9. The third kappa shape index (κ3) is 3.48. The Balaban J connectivity index is 2.01. The molecule has 104 valence electrons. The first-order chi connectivity index (χ1) is 9.58. The Morgan fingerprint density at radius 2 is 2.00 bits per heavy atom. The fraction of sp³-hybridized carbons (Fsp3) is 0.200. The number of rotatable bonds is 5. The summed E-state index contributed by atoms with van der Waals surface area (Å²) in [6, 6.07) is 12.5. The highest BCUT2D eigenvalue weighted by molar-refractivity contribution is 6.33. The van der Waals surface area contributed by atoms with Crippen molar-refractivity contribution in [2.45, 2.75) is 13.3 Å². The Kier molecular flexibility index (Phi) is 4.58. The van der Waals surface area contributed by atoms with Crippen molar-refractivity contribution in [1.82, 2.24) is 0 Å². The van der Waals surface area contributed by atoms with Crippen molar-refractivity contribution in [2.24, 2.45) is 0 Å². The highest BCUT2D eigenvalue weighted by Gasteiger charge is 2.11. The van der Waals surface area contributed by atoms with Gasteiger partial charge in [0.1, 0.15) is 0 Å². The number of hydrogen-bond acceptors (Lipinski definition) is 3. The summed E-state index contributed by atoms with van der Waals surface area (Å²) in [7, 11) is 0. The molecule has 4 nitrogen and oxygen atoms in total. The maximum atomic E-state index is 10.9. The van der Waals surface area contributed by atoms with E-state index in [9.17, 15) is 10.1 Å². The largest absolute Gasteiger partial charge is 0.384 e. The van der Waals surface area contributed by atoms with Gasteiger partial charge < -0.3 is 5.32 Å². The van der Waals surface area contributed by atoms with Crippen LogP contribution in [0.15, 0.2) is 42.5 Å². The minimum absolute atomic E-state index is 0.157. The minimum Gasteiger partial charge on any atom is -0.384 e. The van der Waals surface area contributed by atoms with Crippen LogP contribution in [0.4, 0.5) is 11.4 Å². The fourth-order valence-electron chi connectivity index (χ4n) is 2.00. The number of nitrogens with one attached hydrogen (secondary N) is 1. The van der Waals surface area contributed by atoms with E-state index < -0.39 is 0 Å². The monoisotopic (exact) mass is 290 g/mol. The van der Waals surface area contributed by atoms with Crippen LogP contribution in [0, 0.1) is 17.0 Å². The van der Waals surface area contributed by atoms with Gasteiger partial charge in [0, 0.05) is 18.2 Å². The van der Waals surface area contributed by atoms with E-state index in [0.29, 0.717) is 23.6 Å². The first-order valence-electron chi connectivity index (χ1n) is 6.30. The van der Waals surface area contributed by atoms with Crippen LogP contribution in [0.3, 0.4) is 0 Å². The topological polar surface area (TPSA) is 55.2 Å². The fourth-order valence-corrected chi connectivity index (χ4v) is 2.30. The number of nitro benzene ring substituents is 1. The van der Waals surface area contributed by atoms with Crippen molar-refractivity contribution >= 4 is 23.0 Å². The summed E-state index contributed by atoms with van der Waals surface area (Å²) >= 11 is 6.12. The van der Waals surface area contributed by atoms with E-state index in [-0.39, 0.29) is 10.6 Å². The van der Waals surface area contributed by atoms with Gasteiger partial charge >= 0.3 is 0 Å². The molecule has 0 radical (unpaired) electrons. The van der Waals surface area contributed by atoms with Crippen molar-refractivity contribution in [3.8, 4) is 0 Å². The summed E-state index contributed by atoms with van der Waals surface area (Å²) in [6.07, 6.45) is 0.571. The molecule has 2 aromatic rings. The lowest BCUT2D eigenvalue weighted by Crippen LogP contribution is -2.07. The van der Waals surface area contributed by atoms with Gasteiger partial charge in [-0.2, -0.15) is 0 Å². The molecule has 0 aromatic heterocycles. The third-order valence-electron chi connectivity index (χ3n) is 3.02. The van der Waals surface area contributed by atoms with Crippen molar-refractivity contribution in [1.29, 1.82) is 0 Å². The molecule has 0 aliphatic carbocycles. The summed E-state index contributed by atoms with van der Waals surface area (Å²) in [5.41, 5.74) is 2.81. The second-order valence-corrected chi connectivity index (χ2v) is 4.95. The molecule has 1 N–H and O–H groups in total. The number of halogens is 1. The zero-order chi connectivity index (χ0) is 14.5. The lowest BCUT2D eigenvalue weighted by molar-refractivity contribution is -0.385. The number of nitrogens with zero attached hydrogens (tertiary/aromatic N) is 1. The quantitative estimate of drug-likeness (QED) is 0.663. The lowest BCUT2D eigenvalue weighted by atomic mass is 10.1. The first kappa shape index (κ1) is 14.3. The molecule has 0 bridgehead atoms. The number of para-hydroxylation sites is 1. The van der Waals surface area contributed by atoms with Crippen LogP contribution >= 0.6 is 11.6 Å². The SMILES string of the molecule is Cc1ccc(NCCc2ccccc2[N+](=O)[O-])c(Cl)c1. The van der Waals surface area contributed by atoms with Gasteiger partial charge in [0.05, 0.1) is 15.6 Å². The molecule has 0 spiro atoms. The van der Waals surface area contributed by atoms with Crippen LogP contribution < -0.4 is 5.32 Å². The molecular formula is C15H15ClN2O2. The molecule has 0 unspecified atom stereocenters. The maximum Gasteiger partial charge on any atom is 0.272 e. The van der Waals surface area contributed by atoms with Crippen LogP contribution in [0.1, 0.15) is 11.1 Å². The van der Waals surface area contributed by atoms with Gasteiger partial charge in [-0.15, -0.1) is 0 Å². The van der Waals surface area contributed by atoms with Crippen molar-refractivity contribution < 1.29 is 4.92 Å². The predicted molar refractivity (Wildman–Crippen MR) is 81.5 cm³/mol. The minimum atomic E-state index is -0.353. The maximum absolute atomic E-state index is 10.9. The molecule has 2 aromatic carbocycles. The van der Waals surface area contributed by atoms with Crippen LogP contribution in [-0.4, -0.2) is 11.5 Å². The van der Waals surface area contributed by atoms with E-state index in [1.54, 1.807) is 18.2 Å². The Morgan fingerprint density at radius 3 is 2.70 bits per heavy atom. The van der Waals surface area contributed by atoms with Gasteiger partial charge in [0.25, 0.3) is 5.69 Å². The second-order valence-electron chi connectivity index (χ2n) is 4.55. The molecule has 2 rings (SSSR count). The lowest BCUT2D eigenvalue weighted by Gasteiger charge is -2.09. The molecule has 5 heteroatoms. The highest BCUT2D eigenvalue weighted by atomic mass is 35.5. The number of aryl methyl sites for hydroxylation is 1. The van der Waals surface area contributed by atoms with Crippen LogP contribution in [0.5, 0.6) is 0 Å². The van der Waals surface area contributed by atoms with E-state index in [1.807, 2.05) is 25.1 Å². The third-order valence-corrected chi connectivity index (χ3v) is 3.34. The average molecular weight is 291 g/mol. The molecule has 0 aliphatic rings. The van der Waals surface area contributed by atoms with Gasteiger partial charge in [0.2, 0.25) is 0 Å². The Labute approximate surface area is 122 Å². The molecule has 0 heterocycles. The Hall–Kier alpha value is -2.07. The summed E-state index contributed by atoms with van der Waals surface area (Å²) in [5, 5.41) is 14.8. The van der Waals surface area contributed by atoms with Gasteiger partial charge in [-0.05, 0) is 31.0 Å². The van der Waals surface area contributed by atoms with E-state index in [4.69, 9.17) is 11.6 Å². The van der Waals surface area contributed by atoms with E-state index in [2.05, 4.69) is 5.32 Å². The molecule has 0 atom stereocenters. The second kappa shape index (κ2) is 6.39. The van der Waals surface area contributed by atoms with Gasteiger partial charge in [-0.25, -0.2) is 0 Å². The summed E-state index contributed by atoms with van der Waals surface area (Å²) in [5.74, 6) is 0. The number of benzene rings is 2. The first-order valence-corrected chi connectivity index (χ1v) is 6.68. The molecule has 0 amide bonds. The van der Waals surface area contributed by atoms with Gasteiger partial charge in [-0.3, -0.25) is 10.1 Å². The normalized spacial score (nSPS) is 10.3. The van der Waals surface area contributed by atoms with Crippen molar-refractivity contribution in [2.75, 3.05) is 11.9 Å². The summed E-state index contributed by atoms with van der Waals surface area (Å²) < 4.78 is 0. The van der Waals surface area contributed by atoms with Gasteiger partial charge in [0.15, 0.2) is 0 Å². The Bertz CT molecular complexity index is 629. The Morgan fingerprint density at radius 1 is 1.25 bits per heavy atom. The van der Waals surface area contributed by atoms with Crippen molar-refractivity contribution in [3.05, 3.63) is 68.7 Å². The molecule has 0 aliphatic heterocycles. The average Bonchev–Trinajstić information content (AvgIpc) is 2.41. The predicted octanol–water partition coefficient (Wildman–Crippen LogP) is 4.21. The molecule has 0 saturated carbocycles. The summed E-state index contributed by atoms with van der Waals surface area (Å²) in [6.45, 7) is 2.57. The number of hydrogen-bond donors (Lipinski definition) is 1. The van der Waals surface area contributed by atoms with Crippen LogP contribution in [-0.2, 0) is 6.42 Å². The molecule has 0 fully saturated rings. The summed E-state index contributed by atoms with van der Waals surface area (Å²) in [4.78, 5) is 10.6. The number of anilines is 1. The van der Waals surface area contributed by atoms with E-state index in [1.165, 1.54) is 6.07 Å². The van der Waals surface area contributed by atoms with Crippen molar-refractivity contribution in [3.63, 3.8) is 0 Å². The molecule has 0 saturated heterocycles. The highest BCUT2D eigenvalue weighted by Crippen LogP contribution is 2.23. The van der Waals surface area contributed by atoms with E-state index >= 15 is 0 Å². The standard InChI is InChI=1S/C15H15ClN2O2/c1-11-6-7-14(13(16)10-11)17-9-8-12-4-2-3-5-15(12)18(19)20/h2-7,10,17H,8-9H2,1H3.